The Morgan fingerprint density at radius 1 is 0.793 bits per heavy atom. The molecule has 3 rings (SSSR count). The number of carbonyl (C=O) groups excluding carboxylic acids is 1. The van der Waals surface area contributed by atoms with Gasteiger partial charge in [0.25, 0.3) is 5.91 Å². The first kappa shape index (κ1) is 20.9. The van der Waals surface area contributed by atoms with Crippen LogP contribution in [0.3, 0.4) is 0 Å². The zero-order valence-electron chi connectivity index (χ0n) is 14.6. The molecule has 2 aromatic carbocycles. The fraction of sp³-hybridized carbons (Fsp3) is 0.222. The monoisotopic (exact) mass is 433 g/mol. The minimum Gasteiger partial charge on any atom is -0.363 e. The van der Waals surface area contributed by atoms with Gasteiger partial charge in [-0.2, -0.15) is 0 Å². The number of rotatable bonds is 2. The van der Waals surface area contributed by atoms with Crippen LogP contribution in [0.15, 0.2) is 24.3 Å². The molecule has 0 aliphatic carbocycles. The molecule has 11 heteroatoms. The number of halogens is 6. The summed E-state index contributed by atoms with van der Waals surface area (Å²) < 4.78 is 80.8. The van der Waals surface area contributed by atoms with Crippen molar-refractivity contribution in [3.8, 4) is 0 Å². The molecule has 1 N–H and O–H groups in total. The third-order valence-corrected chi connectivity index (χ3v) is 4.76. The molecule has 29 heavy (non-hydrogen) atoms. The predicted molar refractivity (Wildman–Crippen MR) is 96.5 cm³/mol. The van der Waals surface area contributed by atoms with Gasteiger partial charge in [-0.25, -0.2) is 26.3 Å². The van der Waals surface area contributed by atoms with E-state index in [1.807, 2.05) is 0 Å². The number of hydrogen-bond donors (Lipinski definition) is 1. The number of amides is 1. The number of hydrogen-bond acceptors (Lipinski definition) is 3. The molecule has 1 fully saturated rings. The van der Waals surface area contributed by atoms with Gasteiger partial charge >= 0.3 is 0 Å². The summed E-state index contributed by atoms with van der Waals surface area (Å²) in [5.74, 6) is -11.1. The van der Waals surface area contributed by atoms with Crippen molar-refractivity contribution in [2.45, 2.75) is 0 Å². The third kappa shape index (κ3) is 4.14. The number of thiocarbonyl (C=S) groups is 1. The minimum absolute atomic E-state index is 0.0244. The van der Waals surface area contributed by atoms with Crippen LogP contribution < -0.4 is 10.2 Å². The van der Waals surface area contributed by atoms with E-state index in [0.29, 0.717) is 0 Å². The molecule has 1 saturated heterocycles. The number of benzene rings is 2. The molecule has 1 heterocycles. The molecule has 1 amide bonds. The Balaban J connectivity index is 1.66. The standard InChI is InChI=1S/C18H13F6N3OS/c19-10-3-1-9(2-4-10)17(28)25-18(29)27-7-5-26(6-8-27)16-14(23)12(21)11(20)13(22)15(16)24/h1-4H,5-8H2,(H,25,28,29). The minimum atomic E-state index is -2.22. The molecule has 0 atom stereocenters. The van der Waals surface area contributed by atoms with E-state index in [4.69, 9.17) is 12.2 Å². The average molecular weight is 433 g/mol. The van der Waals surface area contributed by atoms with Crippen LogP contribution in [-0.4, -0.2) is 42.1 Å². The zero-order valence-corrected chi connectivity index (χ0v) is 15.4. The maximum atomic E-state index is 13.9. The van der Waals surface area contributed by atoms with Gasteiger partial charge in [0.2, 0.25) is 5.82 Å². The summed E-state index contributed by atoms with van der Waals surface area (Å²) in [5.41, 5.74) is -0.823. The Hall–Kier alpha value is -2.82. The second-order valence-corrected chi connectivity index (χ2v) is 6.55. The van der Waals surface area contributed by atoms with Crippen molar-refractivity contribution >= 4 is 28.9 Å². The zero-order chi connectivity index (χ0) is 21.3. The molecule has 154 valence electrons. The first-order chi connectivity index (χ1) is 13.7. The lowest BCUT2D eigenvalue weighted by Crippen LogP contribution is -2.53. The fourth-order valence-corrected chi connectivity index (χ4v) is 3.13. The van der Waals surface area contributed by atoms with Crippen LogP contribution in [-0.2, 0) is 0 Å². The van der Waals surface area contributed by atoms with Gasteiger partial charge in [0.15, 0.2) is 28.4 Å². The van der Waals surface area contributed by atoms with Crippen LogP contribution in [0.25, 0.3) is 0 Å². The summed E-state index contributed by atoms with van der Waals surface area (Å²) >= 11 is 5.13. The molecule has 2 aromatic rings. The predicted octanol–water partition coefficient (Wildman–Crippen LogP) is 3.36. The van der Waals surface area contributed by atoms with Crippen molar-refractivity contribution in [1.82, 2.24) is 10.2 Å². The van der Waals surface area contributed by atoms with Crippen molar-refractivity contribution < 1.29 is 31.1 Å². The highest BCUT2D eigenvalue weighted by molar-refractivity contribution is 7.80. The van der Waals surface area contributed by atoms with E-state index in [0.717, 1.165) is 17.0 Å². The summed E-state index contributed by atoms with van der Waals surface area (Å²) in [6.45, 7) is -0.0418. The summed E-state index contributed by atoms with van der Waals surface area (Å²) in [5, 5.41) is 2.47. The van der Waals surface area contributed by atoms with E-state index in [1.165, 1.54) is 17.0 Å². The molecule has 1 aliphatic heterocycles. The summed E-state index contributed by atoms with van der Waals surface area (Å²) in [7, 11) is 0. The van der Waals surface area contributed by atoms with E-state index >= 15 is 0 Å². The molecule has 4 nitrogen and oxygen atoms in total. The van der Waals surface area contributed by atoms with Gasteiger partial charge in [0, 0.05) is 31.7 Å². The fourth-order valence-electron chi connectivity index (χ4n) is 2.85. The SMILES string of the molecule is O=C(NC(=S)N1CCN(c2c(F)c(F)c(F)c(F)c2F)CC1)c1ccc(F)cc1. The molecular formula is C18H13F6N3OS. The molecule has 0 saturated carbocycles. The Morgan fingerprint density at radius 3 is 1.79 bits per heavy atom. The topological polar surface area (TPSA) is 35.6 Å². The number of piperazine rings is 1. The van der Waals surface area contributed by atoms with Crippen LogP contribution in [0.4, 0.5) is 32.0 Å². The first-order valence-corrected chi connectivity index (χ1v) is 8.73. The van der Waals surface area contributed by atoms with Gasteiger partial charge in [0.05, 0.1) is 0 Å². The van der Waals surface area contributed by atoms with E-state index in [9.17, 15) is 31.1 Å². The highest BCUT2D eigenvalue weighted by Gasteiger charge is 2.31. The summed E-state index contributed by atoms with van der Waals surface area (Å²) in [6, 6.07) is 4.77. The first-order valence-electron chi connectivity index (χ1n) is 8.33. The lowest BCUT2D eigenvalue weighted by Gasteiger charge is -2.37. The van der Waals surface area contributed by atoms with Crippen LogP contribution >= 0.6 is 12.2 Å². The van der Waals surface area contributed by atoms with E-state index < -0.39 is 46.5 Å². The largest absolute Gasteiger partial charge is 0.363 e. The summed E-state index contributed by atoms with van der Waals surface area (Å²) in [6.07, 6.45) is 0. The number of nitrogens with one attached hydrogen (secondary N) is 1. The molecule has 0 radical (unpaired) electrons. The molecule has 1 aliphatic rings. The smallest absolute Gasteiger partial charge is 0.257 e. The van der Waals surface area contributed by atoms with Gasteiger partial charge < -0.3 is 9.80 Å². The molecule has 0 unspecified atom stereocenters. The van der Waals surface area contributed by atoms with Crippen LogP contribution in [0.5, 0.6) is 0 Å². The summed E-state index contributed by atoms with van der Waals surface area (Å²) in [4.78, 5) is 14.7. The molecular weight excluding hydrogens is 420 g/mol. The second kappa shape index (κ2) is 8.27. The van der Waals surface area contributed by atoms with Crippen LogP contribution in [0.1, 0.15) is 10.4 Å². The highest BCUT2D eigenvalue weighted by Crippen LogP contribution is 2.30. The Bertz CT molecular complexity index is 932. The normalized spacial score (nSPS) is 14.1. The van der Waals surface area contributed by atoms with Gasteiger partial charge in [-0.1, -0.05) is 0 Å². The Morgan fingerprint density at radius 2 is 1.28 bits per heavy atom. The third-order valence-electron chi connectivity index (χ3n) is 4.40. The van der Waals surface area contributed by atoms with Gasteiger partial charge in [0.1, 0.15) is 11.5 Å². The van der Waals surface area contributed by atoms with Crippen molar-refractivity contribution in [2.75, 3.05) is 31.1 Å². The molecule has 0 aromatic heterocycles. The van der Waals surface area contributed by atoms with Crippen molar-refractivity contribution in [3.63, 3.8) is 0 Å². The second-order valence-electron chi connectivity index (χ2n) is 6.16. The number of anilines is 1. The Kier molecular flexibility index (Phi) is 5.96. The van der Waals surface area contributed by atoms with Crippen molar-refractivity contribution in [3.05, 3.63) is 64.7 Å². The van der Waals surface area contributed by atoms with Gasteiger partial charge in [-0.05, 0) is 36.5 Å². The number of nitrogens with zero attached hydrogens (tertiary/aromatic N) is 2. The van der Waals surface area contributed by atoms with Crippen LogP contribution in [0.2, 0.25) is 0 Å². The van der Waals surface area contributed by atoms with E-state index in [-0.39, 0.29) is 36.9 Å². The van der Waals surface area contributed by atoms with Crippen LogP contribution in [0, 0.1) is 34.9 Å². The quantitative estimate of drug-likeness (QED) is 0.341. The molecule has 0 spiro atoms. The van der Waals surface area contributed by atoms with E-state index in [2.05, 4.69) is 5.32 Å². The van der Waals surface area contributed by atoms with Crippen molar-refractivity contribution in [2.24, 2.45) is 0 Å². The van der Waals surface area contributed by atoms with E-state index in [1.54, 1.807) is 0 Å². The maximum Gasteiger partial charge on any atom is 0.257 e. The average Bonchev–Trinajstić information content (AvgIpc) is 2.72. The highest BCUT2D eigenvalue weighted by atomic mass is 32.1. The number of carbonyl (C=O) groups is 1. The lowest BCUT2D eigenvalue weighted by atomic mass is 10.2. The lowest BCUT2D eigenvalue weighted by molar-refractivity contribution is 0.0973. The van der Waals surface area contributed by atoms with Gasteiger partial charge in [-0.3, -0.25) is 10.1 Å². The Labute approximate surface area is 166 Å². The maximum absolute atomic E-state index is 13.9. The van der Waals surface area contributed by atoms with Gasteiger partial charge in [-0.15, -0.1) is 0 Å². The van der Waals surface area contributed by atoms with Crippen molar-refractivity contribution in [1.29, 1.82) is 0 Å². The molecule has 0 bridgehead atoms.